The summed E-state index contributed by atoms with van der Waals surface area (Å²) in [5.74, 6) is -0.169. The van der Waals surface area contributed by atoms with Gasteiger partial charge in [-0.25, -0.2) is 4.68 Å². The molecule has 0 aliphatic heterocycles. The Labute approximate surface area is 137 Å². The fourth-order valence-electron chi connectivity index (χ4n) is 1.93. The Morgan fingerprint density at radius 1 is 1.29 bits per heavy atom. The molecule has 0 radical (unpaired) electrons. The molecule has 0 saturated carbocycles. The van der Waals surface area contributed by atoms with Gasteiger partial charge in [-0.05, 0) is 31.5 Å². The van der Waals surface area contributed by atoms with Crippen LogP contribution in [0.1, 0.15) is 31.1 Å². The van der Waals surface area contributed by atoms with Crippen LogP contribution >= 0.6 is 34.8 Å². The van der Waals surface area contributed by atoms with Crippen molar-refractivity contribution in [2.45, 2.75) is 26.8 Å². The van der Waals surface area contributed by atoms with Gasteiger partial charge in [0.15, 0.2) is 10.9 Å². The number of carbonyl (C=O) groups is 1. The van der Waals surface area contributed by atoms with Gasteiger partial charge in [0.1, 0.15) is 5.69 Å². The molecule has 1 aromatic carbocycles. The third-order valence-electron chi connectivity index (χ3n) is 3.01. The van der Waals surface area contributed by atoms with Crippen molar-refractivity contribution in [3.8, 4) is 5.75 Å². The second-order valence-corrected chi connectivity index (χ2v) is 5.77. The number of aryl methyl sites for hydroxylation is 1. The molecule has 0 aliphatic carbocycles. The summed E-state index contributed by atoms with van der Waals surface area (Å²) >= 11 is 18.2. The minimum absolute atomic E-state index is 0.185. The van der Waals surface area contributed by atoms with E-state index < -0.39 is 5.97 Å². The summed E-state index contributed by atoms with van der Waals surface area (Å²) in [7, 11) is 0. The maximum Gasteiger partial charge on any atom is 0.308 e. The number of aromatic nitrogens is 2. The molecule has 0 saturated heterocycles. The average molecular weight is 348 g/mol. The standard InChI is InChI=1S/C14H13Cl3N2O2/c1-7-13(21-9(3)20)14(17)19(18-7)8(2)10-4-5-11(15)12(16)6-10/h4-6,8H,1-3H3. The van der Waals surface area contributed by atoms with E-state index in [4.69, 9.17) is 39.5 Å². The quantitative estimate of drug-likeness (QED) is 0.757. The number of benzene rings is 1. The first-order valence-electron chi connectivity index (χ1n) is 6.19. The molecule has 2 aromatic rings. The molecule has 1 aromatic heterocycles. The number of nitrogens with zero attached hydrogens (tertiary/aromatic N) is 2. The van der Waals surface area contributed by atoms with E-state index in [0.29, 0.717) is 15.7 Å². The molecule has 1 unspecified atom stereocenters. The Morgan fingerprint density at radius 2 is 1.95 bits per heavy atom. The lowest BCUT2D eigenvalue weighted by Crippen LogP contribution is -2.09. The molecule has 2 rings (SSSR count). The monoisotopic (exact) mass is 346 g/mol. The number of hydrogen-bond donors (Lipinski definition) is 0. The van der Waals surface area contributed by atoms with Crippen molar-refractivity contribution in [3.63, 3.8) is 0 Å². The number of esters is 1. The fraction of sp³-hybridized carbons (Fsp3) is 0.286. The van der Waals surface area contributed by atoms with Crippen LogP contribution in [0.25, 0.3) is 0 Å². The Hall–Kier alpha value is -1.23. The maximum absolute atomic E-state index is 11.1. The second kappa shape index (κ2) is 6.26. The molecule has 0 amide bonds. The van der Waals surface area contributed by atoms with Gasteiger partial charge in [0.2, 0.25) is 0 Å². The van der Waals surface area contributed by atoms with E-state index in [1.54, 1.807) is 23.7 Å². The van der Waals surface area contributed by atoms with Crippen LogP contribution in [0.2, 0.25) is 15.2 Å². The lowest BCUT2D eigenvalue weighted by atomic mass is 10.1. The molecule has 0 N–H and O–H groups in total. The molecule has 0 spiro atoms. The van der Waals surface area contributed by atoms with Crippen molar-refractivity contribution in [2.75, 3.05) is 0 Å². The van der Waals surface area contributed by atoms with Gasteiger partial charge >= 0.3 is 5.97 Å². The van der Waals surface area contributed by atoms with Crippen molar-refractivity contribution in [1.82, 2.24) is 9.78 Å². The average Bonchev–Trinajstić information content (AvgIpc) is 2.68. The molecule has 0 fully saturated rings. The van der Waals surface area contributed by atoms with E-state index in [0.717, 1.165) is 5.56 Å². The Kier molecular flexibility index (Phi) is 4.81. The number of ether oxygens (including phenoxy) is 1. The van der Waals surface area contributed by atoms with E-state index in [-0.39, 0.29) is 16.9 Å². The highest BCUT2D eigenvalue weighted by molar-refractivity contribution is 6.42. The normalized spacial score (nSPS) is 12.3. The lowest BCUT2D eigenvalue weighted by Gasteiger charge is -2.14. The third-order valence-corrected chi connectivity index (χ3v) is 4.10. The van der Waals surface area contributed by atoms with Crippen LogP contribution in [-0.4, -0.2) is 15.7 Å². The maximum atomic E-state index is 11.1. The van der Waals surface area contributed by atoms with Crippen LogP contribution in [0.4, 0.5) is 0 Å². The van der Waals surface area contributed by atoms with Crippen molar-refractivity contribution in [2.24, 2.45) is 0 Å². The summed E-state index contributed by atoms with van der Waals surface area (Å²) < 4.78 is 6.66. The summed E-state index contributed by atoms with van der Waals surface area (Å²) in [4.78, 5) is 11.1. The molecular weight excluding hydrogens is 335 g/mol. The van der Waals surface area contributed by atoms with E-state index >= 15 is 0 Å². The van der Waals surface area contributed by atoms with Crippen LogP contribution in [0, 0.1) is 6.92 Å². The summed E-state index contributed by atoms with van der Waals surface area (Å²) in [6.45, 7) is 4.95. The first-order chi connectivity index (χ1) is 9.81. The molecule has 1 atom stereocenters. The zero-order chi connectivity index (χ0) is 15.7. The Bertz CT molecular complexity index is 698. The lowest BCUT2D eigenvalue weighted by molar-refractivity contribution is -0.131. The van der Waals surface area contributed by atoms with E-state index in [2.05, 4.69) is 5.10 Å². The molecular formula is C14H13Cl3N2O2. The summed E-state index contributed by atoms with van der Waals surface area (Å²) in [5.41, 5.74) is 1.44. The smallest absolute Gasteiger partial charge is 0.308 e. The predicted molar refractivity (Wildman–Crippen MR) is 83.6 cm³/mol. The van der Waals surface area contributed by atoms with Crippen molar-refractivity contribution in [1.29, 1.82) is 0 Å². The summed E-state index contributed by atoms with van der Waals surface area (Å²) in [5, 5.41) is 5.53. The van der Waals surface area contributed by atoms with Crippen LogP contribution in [0.15, 0.2) is 18.2 Å². The van der Waals surface area contributed by atoms with Gasteiger partial charge < -0.3 is 4.74 Å². The SMILES string of the molecule is CC(=O)Oc1c(C)nn(C(C)c2ccc(Cl)c(Cl)c2)c1Cl. The van der Waals surface area contributed by atoms with Gasteiger partial charge in [0, 0.05) is 6.92 Å². The van der Waals surface area contributed by atoms with Gasteiger partial charge in [-0.1, -0.05) is 40.9 Å². The zero-order valence-electron chi connectivity index (χ0n) is 11.7. The van der Waals surface area contributed by atoms with Crippen LogP contribution < -0.4 is 4.74 Å². The van der Waals surface area contributed by atoms with Gasteiger partial charge in [-0.3, -0.25) is 4.79 Å². The highest BCUT2D eigenvalue weighted by Gasteiger charge is 2.21. The second-order valence-electron chi connectivity index (χ2n) is 4.59. The zero-order valence-corrected chi connectivity index (χ0v) is 13.9. The molecule has 1 heterocycles. The molecule has 0 aliphatic rings. The van der Waals surface area contributed by atoms with E-state index in [1.807, 2.05) is 13.0 Å². The minimum atomic E-state index is -0.443. The highest BCUT2D eigenvalue weighted by Crippen LogP contribution is 2.34. The van der Waals surface area contributed by atoms with Crippen molar-refractivity contribution < 1.29 is 9.53 Å². The number of rotatable bonds is 3. The van der Waals surface area contributed by atoms with Crippen molar-refractivity contribution >= 4 is 40.8 Å². The Balaban J connectivity index is 2.41. The predicted octanol–water partition coefficient (Wildman–Crippen LogP) is 4.69. The van der Waals surface area contributed by atoms with Crippen LogP contribution in [0.5, 0.6) is 5.75 Å². The topological polar surface area (TPSA) is 44.1 Å². The molecule has 112 valence electrons. The van der Waals surface area contributed by atoms with E-state index in [1.165, 1.54) is 6.92 Å². The first-order valence-corrected chi connectivity index (χ1v) is 7.32. The largest absolute Gasteiger partial charge is 0.421 e. The minimum Gasteiger partial charge on any atom is -0.421 e. The summed E-state index contributed by atoms with van der Waals surface area (Å²) in [6, 6.07) is 5.13. The Morgan fingerprint density at radius 3 is 2.52 bits per heavy atom. The van der Waals surface area contributed by atoms with Crippen LogP contribution in [-0.2, 0) is 4.79 Å². The van der Waals surface area contributed by atoms with Gasteiger partial charge in [0.25, 0.3) is 0 Å². The first kappa shape index (κ1) is 16.1. The fourth-order valence-corrected chi connectivity index (χ4v) is 2.60. The van der Waals surface area contributed by atoms with Crippen LogP contribution in [0.3, 0.4) is 0 Å². The highest BCUT2D eigenvalue weighted by atomic mass is 35.5. The van der Waals surface area contributed by atoms with Gasteiger partial charge in [-0.2, -0.15) is 5.10 Å². The molecule has 21 heavy (non-hydrogen) atoms. The number of carbonyl (C=O) groups excluding carboxylic acids is 1. The van der Waals surface area contributed by atoms with Crippen molar-refractivity contribution in [3.05, 3.63) is 44.7 Å². The number of halogens is 3. The van der Waals surface area contributed by atoms with E-state index in [9.17, 15) is 4.79 Å². The molecule has 4 nitrogen and oxygen atoms in total. The summed E-state index contributed by atoms with van der Waals surface area (Å²) in [6.07, 6.45) is 0. The molecule has 0 bridgehead atoms. The number of hydrogen-bond acceptors (Lipinski definition) is 3. The molecule has 7 heteroatoms. The third kappa shape index (κ3) is 3.34. The van der Waals surface area contributed by atoms with Gasteiger partial charge in [0.05, 0.1) is 16.1 Å². The van der Waals surface area contributed by atoms with Gasteiger partial charge in [-0.15, -0.1) is 0 Å².